The fourth-order valence-electron chi connectivity index (χ4n) is 3.61. The number of fused-ring (bicyclic) bond motifs is 1. The average Bonchev–Trinajstić information content (AvgIpc) is 2.77. The molecule has 0 spiro atoms. The number of halogens is 1. The number of ether oxygens (including phenoxy) is 1. The van der Waals surface area contributed by atoms with Crippen LogP contribution in [-0.4, -0.2) is 50.3 Å². The standard InChI is InChI=1S/C13H24N2O.ClH/c1-2-11(10-16-7-1)8-15-6-4-13-12(9-15)3-5-14-13;/h11-14H,1-10H2;1H. The van der Waals surface area contributed by atoms with E-state index in [1.54, 1.807) is 0 Å². The number of hydrogen-bond donors (Lipinski definition) is 1. The molecule has 100 valence electrons. The summed E-state index contributed by atoms with van der Waals surface area (Å²) in [6.07, 6.45) is 5.40. The number of hydrogen-bond acceptors (Lipinski definition) is 3. The topological polar surface area (TPSA) is 24.5 Å². The van der Waals surface area contributed by atoms with E-state index in [1.807, 2.05) is 0 Å². The summed E-state index contributed by atoms with van der Waals surface area (Å²) in [5, 5.41) is 3.63. The summed E-state index contributed by atoms with van der Waals surface area (Å²) in [7, 11) is 0. The minimum atomic E-state index is 0. The first-order chi connectivity index (χ1) is 7.92. The van der Waals surface area contributed by atoms with E-state index < -0.39 is 0 Å². The molecule has 3 unspecified atom stereocenters. The van der Waals surface area contributed by atoms with Gasteiger partial charge in [-0.15, -0.1) is 12.4 Å². The molecule has 3 nitrogen and oxygen atoms in total. The molecule has 3 saturated heterocycles. The molecule has 3 fully saturated rings. The molecule has 1 N–H and O–H groups in total. The van der Waals surface area contributed by atoms with Crippen molar-refractivity contribution < 1.29 is 4.74 Å². The van der Waals surface area contributed by atoms with Gasteiger partial charge in [-0.2, -0.15) is 0 Å². The van der Waals surface area contributed by atoms with Crippen LogP contribution in [0.4, 0.5) is 0 Å². The van der Waals surface area contributed by atoms with Gasteiger partial charge in [0.15, 0.2) is 0 Å². The molecular formula is C13H25ClN2O. The van der Waals surface area contributed by atoms with Gasteiger partial charge < -0.3 is 15.0 Å². The minimum absolute atomic E-state index is 0. The summed E-state index contributed by atoms with van der Waals surface area (Å²) in [6, 6.07) is 0.832. The first-order valence-electron chi connectivity index (χ1n) is 6.95. The summed E-state index contributed by atoms with van der Waals surface area (Å²) >= 11 is 0. The molecule has 17 heavy (non-hydrogen) atoms. The van der Waals surface area contributed by atoms with Crippen molar-refractivity contribution in [2.45, 2.75) is 31.7 Å². The Labute approximate surface area is 111 Å². The smallest absolute Gasteiger partial charge is 0.0506 e. The van der Waals surface area contributed by atoms with Crippen molar-refractivity contribution in [2.24, 2.45) is 11.8 Å². The van der Waals surface area contributed by atoms with Gasteiger partial charge in [-0.3, -0.25) is 0 Å². The molecule has 0 aromatic carbocycles. The van der Waals surface area contributed by atoms with Crippen molar-refractivity contribution >= 4 is 12.4 Å². The number of nitrogens with one attached hydrogen (secondary N) is 1. The molecule has 0 aromatic heterocycles. The number of rotatable bonds is 2. The Morgan fingerprint density at radius 1 is 1.24 bits per heavy atom. The van der Waals surface area contributed by atoms with E-state index in [0.717, 1.165) is 31.1 Å². The van der Waals surface area contributed by atoms with Crippen LogP contribution in [0.15, 0.2) is 0 Å². The van der Waals surface area contributed by atoms with E-state index in [1.165, 1.54) is 51.9 Å². The Morgan fingerprint density at radius 2 is 2.18 bits per heavy atom. The molecular weight excluding hydrogens is 236 g/mol. The lowest BCUT2D eigenvalue weighted by Gasteiger charge is -2.37. The van der Waals surface area contributed by atoms with E-state index in [9.17, 15) is 0 Å². The molecule has 3 aliphatic rings. The van der Waals surface area contributed by atoms with Gasteiger partial charge in [-0.25, -0.2) is 0 Å². The minimum Gasteiger partial charge on any atom is -0.381 e. The van der Waals surface area contributed by atoms with Gasteiger partial charge in [0, 0.05) is 25.7 Å². The third-order valence-electron chi connectivity index (χ3n) is 4.51. The average molecular weight is 261 g/mol. The maximum atomic E-state index is 5.57. The first-order valence-corrected chi connectivity index (χ1v) is 6.95. The molecule has 0 bridgehead atoms. The Bertz CT molecular complexity index is 233. The highest BCUT2D eigenvalue weighted by Crippen LogP contribution is 2.26. The van der Waals surface area contributed by atoms with Crippen molar-refractivity contribution in [2.75, 3.05) is 39.4 Å². The van der Waals surface area contributed by atoms with Crippen LogP contribution in [-0.2, 0) is 4.74 Å². The summed E-state index contributed by atoms with van der Waals surface area (Å²) < 4.78 is 5.57. The maximum absolute atomic E-state index is 5.57. The lowest BCUT2D eigenvalue weighted by Crippen LogP contribution is -2.46. The zero-order valence-electron chi connectivity index (χ0n) is 10.6. The number of nitrogens with zero attached hydrogens (tertiary/aromatic N) is 1. The molecule has 0 saturated carbocycles. The molecule has 0 radical (unpaired) electrons. The molecule has 3 aliphatic heterocycles. The Hall–Kier alpha value is 0.170. The highest BCUT2D eigenvalue weighted by molar-refractivity contribution is 5.85. The normalized spacial score (nSPS) is 38.5. The monoisotopic (exact) mass is 260 g/mol. The predicted molar refractivity (Wildman–Crippen MR) is 71.7 cm³/mol. The summed E-state index contributed by atoms with van der Waals surface area (Å²) in [4.78, 5) is 2.69. The second-order valence-corrected chi connectivity index (χ2v) is 5.74. The van der Waals surface area contributed by atoms with Crippen LogP contribution in [0, 0.1) is 11.8 Å². The Balaban J connectivity index is 0.00000108. The van der Waals surface area contributed by atoms with Crippen LogP contribution in [0.1, 0.15) is 25.7 Å². The van der Waals surface area contributed by atoms with Crippen LogP contribution >= 0.6 is 12.4 Å². The van der Waals surface area contributed by atoms with Crippen LogP contribution in [0.5, 0.6) is 0 Å². The molecule has 0 aliphatic carbocycles. The van der Waals surface area contributed by atoms with E-state index in [-0.39, 0.29) is 12.4 Å². The number of likely N-dealkylation sites (tertiary alicyclic amines) is 1. The maximum Gasteiger partial charge on any atom is 0.0506 e. The van der Waals surface area contributed by atoms with Crippen LogP contribution in [0.2, 0.25) is 0 Å². The van der Waals surface area contributed by atoms with Gasteiger partial charge in [0.05, 0.1) is 6.61 Å². The molecule has 3 atom stereocenters. The van der Waals surface area contributed by atoms with E-state index in [4.69, 9.17) is 4.74 Å². The van der Waals surface area contributed by atoms with Crippen molar-refractivity contribution in [1.29, 1.82) is 0 Å². The fourth-order valence-corrected chi connectivity index (χ4v) is 3.61. The summed E-state index contributed by atoms with van der Waals surface area (Å²) in [6.45, 7) is 7.14. The molecule has 3 rings (SSSR count). The van der Waals surface area contributed by atoms with Crippen LogP contribution in [0.3, 0.4) is 0 Å². The van der Waals surface area contributed by atoms with Gasteiger partial charge in [-0.1, -0.05) is 0 Å². The SMILES string of the molecule is C1COCC(CN2CCC3NCCC3C2)C1.Cl. The molecule has 4 heteroatoms. The highest BCUT2D eigenvalue weighted by Gasteiger charge is 2.33. The number of piperidine rings is 1. The third-order valence-corrected chi connectivity index (χ3v) is 4.51. The second kappa shape index (κ2) is 6.37. The molecule has 0 amide bonds. The van der Waals surface area contributed by atoms with E-state index >= 15 is 0 Å². The second-order valence-electron chi connectivity index (χ2n) is 5.74. The third kappa shape index (κ3) is 3.34. The predicted octanol–water partition coefficient (Wildman–Crippen LogP) is 1.52. The van der Waals surface area contributed by atoms with E-state index in [0.29, 0.717) is 0 Å². The van der Waals surface area contributed by atoms with Gasteiger partial charge in [0.2, 0.25) is 0 Å². The molecule has 0 aromatic rings. The zero-order chi connectivity index (χ0) is 10.8. The van der Waals surface area contributed by atoms with Crippen molar-refractivity contribution in [3.63, 3.8) is 0 Å². The fraction of sp³-hybridized carbons (Fsp3) is 1.00. The van der Waals surface area contributed by atoms with Crippen LogP contribution in [0.25, 0.3) is 0 Å². The summed E-state index contributed by atoms with van der Waals surface area (Å²) in [5.41, 5.74) is 0. The Kier molecular flexibility index (Phi) is 5.10. The lowest BCUT2D eigenvalue weighted by atomic mass is 9.92. The van der Waals surface area contributed by atoms with E-state index in [2.05, 4.69) is 10.2 Å². The lowest BCUT2D eigenvalue weighted by molar-refractivity contribution is 0.0301. The van der Waals surface area contributed by atoms with Gasteiger partial charge in [0.1, 0.15) is 0 Å². The zero-order valence-corrected chi connectivity index (χ0v) is 11.4. The highest BCUT2D eigenvalue weighted by atomic mass is 35.5. The van der Waals surface area contributed by atoms with Gasteiger partial charge in [-0.05, 0) is 50.6 Å². The van der Waals surface area contributed by atoms with Crippen molar-refractivity contribution in [3.05, 3.63) is 0 Å². The summed E-state index contributed by atoms with van der Waals surface area (Å²) in [5.74, 6) is 1.73. The quantitative estimate of drug-likeness (QED) is 0.815. The Morgan fingerprint density at radius 3 is 3.00 bits per heavy atom. The molecule has 3 heterocycles. The van der Waals surface area contributed by atoms with Gasteiger partial charge in [0.25, 0.3) is 0 Å². The largest absolute Gasteiger partial charge is 0.381 e. The first kappa shape index (κ1) is 13.6. The van der Waals surface area contributed by atoms with Crippen LogP contribution < -0.4 is 5.32 Å². The van der Waals surface area contributed by atoms with Crippen molar-refractivity contribution in [1.82, 2.24) is 10.2 Å². The van der Waals surface area contributed by atoms with Gasteiger partial charge >= 0.3 is 0 Å². The van der Waals surface area contributed by atoms with Crippen molar-refractivity contribution in [3.8, 4) is 0 Å².